The third-order valence-electron chi connectivity index (χ3n) is 4.73. The molecule has 0 saturated carbocycles. The Bertz CT molecular complexity index is 1150. The molecule has 0 fully saturated rings. The maximum Gasteiger partial charge on any atom is 0.349 e. The predicted molar refractivity (Wildman–Crippen MR) is 113 cm³/mol. The summed E-state index contributed by atoms with van der Waals surface area (Å²) in [6.45, 7) is 3.73. The van der Waals surface area contributed by atoms with Gasteiger partial charge in [-0.2, -0.15) is 5.26 Å². The van der Waals surface area contributed by atoms with Crippen molar-refractivity contribution >= 4 is 23.3 Å². The van der Waals surface area contributed by atoms with Gasteiger partial charge in [-0.25, -0.2) is 4.79 Å². The van der Waals surface area contributed by atoms with Crippen molar-refractivity contribution in [1.82, 2.24) is 4.40 Å². The van der Waals surface area contributed by atoms with E-state index < -0.39 is 12.1 Å². The van der Waals surface area contributed by atoms with E-state index in [9.17, 15) is 14.9 Å². The fourth-order valence-electron chi connectivity index (χ4n) is 3.34. The van der Waals surface area contributed by atoms with Crippen molar-refractivity contribution in [3.8, 4) is 6.07 Å². The van der Waals surface area contributed by atoms with E-state index >= 15 is 0 Å². The number of methoxy groups -OCH3 is 1. The van der Waals surface area contributed by atoms with Gasteiger partial charge in [-0.15, -0.1) is 0 Å². The summed E-state index contributed by atoms with van der Waals surface area (Å²) < 4.78 is 12.0. The molecule has 0 unspecified atom stereocenters. The summed E-state index contributed by atoms with van der Waals surface area (Å²) in [5, 5.41) is 9.53. The Morgan fingerprint density at radius 3 is 2.53 bits per heavy atom. The van der Waals surface area contributed by atoms with Crippen LogP contribution < -0.4 is 0 Å². The number of ether oxygens (including phenoxy) is 2. The number of hydrogen-bond acceptors (Lipinski definition) is 5. The Hall–Kier alpha value is -3.69. The summed E-state index contributed by atoms with van der Waals surface area (Å²) in [6.07, 6.45) is 2.79. The van der Waals surface area contributed by atoms with Gasteiger partial charge in [0, 0.05) is 24.4 Å². The van der Waals surface area contributed by atoms with E-state index in [2.05, 4.69) is 0 Å². The van der Waals surface area contributed by atoms with Gasteiger partial charge in [0.15, 0.2) is 0 Å². The van der Waals surface area contributed by atoms with Crippen molar-refractivity contribution in [1.29, 1.82) is 5.26 Å². The van der Waals surface area contributed by atoms with Crippen LogP contribution in [0.5, 0.6) is 0 Å². The van der Waals surface area contributed by atoms with Crippen LogP contribution in [0.1, 0.15) is 34.1 Å². The molecule has 30 heavy (non-hydrogen) atoms. The number of hydrogen-bond donors (Lipinski definition) is 0. The number of carbonyl (C=O) groups excluding carboxylic acids is 2. The standard InChI is InChI=1S/C24H22N2O4/c1-16(15-29-3)30-24(28)19(14-25)13-20-17(2)22(26-12-8-7-11-21(20)26)23(27)18-9-5-4-6-10-18/h4-13,16H,15H2,1-3H3/b19-13+/t16-/m1/s1. The lowest BCUT2D eigenvalue weighted by Gasteiger charge is -2.11. The second-order valence-corrected chi connectivity index (χ2v) is 6.88. The van der Waals surface area contributed by atoms with Crippen molar-refractivity contribution in [3.05, 3.63) is 82.7 Å². The topological polar surface area (TPSA) is 80.8 Å². The number of fused-ring (bicyclic) bond motifs is 1. The minimum atomic E-state index is -0.729. The van der Waals surface area contributed by atoms with Crippen molar-refractivity contribution < 1.29 is 19.1 Å². The normalized spacial score (nSPS) is 12.4. The van der Waals surface area contributed by atoms with Gasteiger partial charge in [-0.05, 0) is 37.6 Å². The summed E-state index contributed by atoms with van der Waals surface area (Å²) in [4.78, 5) is 25.6. The Morgan fingerprint density at radius 1 is 1.17 bits per heavy atom. The Morgan fingerprint density at radius 2 is 1.87 bits per heavy atom. The van der Waals surface area contributed by atoms with Crippen LogP contribution in [-0.2, 0) is 14.3 Å². The van der Waals surface area contributed by atoms with E-state index in [1.807, 2.05) is 49.4 Å². The zero-order valence-corrected chi connectivity index (χ0v) is 17.1. The van der Waals surface area contributed by atoms with Crippen molar-refractivity contribution in [2.24, 2.45) is 0 Å². The lowest BCUT2D eigenvalue weighted by molar-refractivity contribution is -0.145. The summed E-state index contributed by atoms with van der Waals surface area (Å²) in [6, 6.07) is 16.4. The molecule has 2 aromatic heterocycles. The Balaban J connectivity index is 2.10. The fraction of sp³-hybridized carbons (Fsp3) is 0.208. The molecule has 6 nitrogen and oxygen atoms in total. The molecule has 0 amide bonds. The minimum Gasteiger partial charge on any atom is -0.456 e. The molecular formula is C24H22N2O4. The molecule has 1 atom stereocenters. The number of nitrogens with zero attached hydrogens (tertiary/aromatic N) is 2. The van der Waals surface area contributed by atoms with Gasteiger partial charge < -0.3 is 13.9 Å². The van der Waals surface area contributed by atoms with E-state index in [4.69, 9.17) is 9.47 Å². The highest BCUT2D eigenvalue weighted by molar-refractivity contribution is 6.11. The van der Waals surface area contributed by atoms with Gasteiger partial charge in [-0.3, -0.25) is 4.79 Å². The van der Waals surface area contributed by atoms with E-state index in [-0.39, 0.29) is 18.0 Å². The lowest BCUT2D eigenvalue weighted by Crippen LogP contribution is -2.20. The molecule has 0 aliphatic carbocycles. The third-order valence-corrected chi connectivity index (χ3v) is 4.73. The van der Waals surface area contributed by atoms with Crippen LogP contribution in [0.25, 0.3) is 11.6 Å². The number of pyridine rings is 1. The Labute approximate surface area is 175 Å². The third kappa shape index (κ3) is 4.17. The second kappa shape index (κ2) is 9.21. The highest BCUT2D eigenvalue weighted by atomic mass is 16.6. The maximum absolute atomic E-state index is 13.2. The first-order valence-electron chi connectivity index (χ1n) is 9.49. The van der Waals surface area contributed by atoms with Gasteiger partial charge in [0.05, 0.1) is 17.8 Å². The minimum absolute atomic E-state index is 0.135. The van der Waals surface area contributed by atoms with Crippen LogP contribution in [0, 0.1) is 18.3 Å². The van der Waals surface area contributed by atoms with E-state index in [0.717, 1.165) is 5.52 Å². The van der Waals surface area contributed by atoms with Crippen LogP contribution >= 0.6 is 0 Å². The average Bonchev–Trinajstić information content (AvgIpc) is 3.03. The largest absolute Gasteiger partial charge is 0.456 e. The number of benzene rings is 1. The number of nitriles is 1. The molecule has 6 heteroatoms. The highest BCUT2D eigenvalue weighted by Crippen LogP contribution is 2.27. The van der Waals surface area contributed by atoms with Gasteiger partial charge in [0.25, 0.3) is 0 Å². The molecule has 0 N–H and O–H groups in total. The molecule has 1 aromatic carbocycles. The van der Waals surface area contributed by atoms with Crippen LogP contribution in [0.4, 0.5) is 0 Å². The van der Waals surface area contributed by atoms with Crippen molar-refractivity contribution in [3.63, 3.8) is 0 Å². The zero-order chi connectivity index (χ0) is 21.7. The highest BCUT2D eigenvalue weighted by Gasteiger charge is 2.22. The first kappa shape index (κ1) is 21.0. The smallest absolute Gasteiger partial charge is 0.349 e. The van der Waals surface area contributed by atoms with Gasteiger partial charge in [-0.1, -0.05) is 36.4 Å². The summed E-state index contributed by atoms with van der Waals surface area (Å²) in [5.41, 5.74) is 2.94. The summed E-state index contributed by atoms with van der Waals surface area (Å²) in [7, 11) is 1.51. The number of rotatable bonds is 7. The first-order valence-corrected chi connectivity index (χ1v) is 9.49. The average molecular weight is 402 g/mol. The van der Waals surface area contributed by atoms with E-state index in [1.54, 1.807) is 29.7 Å². The molecule has 152 valence electrons. The number of ketones is 1. The molecule has 2 heterocycles. The second-order valence-electron chi connectivity index (χ2n) is 6.88. The molecule has 0 saturated heterocycles. The van der Waals surface area contributed by atoms with Crippen molar-refractivity contribution in [2.45, 2.75) is 20.0 Å². The van der Waals surface area contributed by atoms with E-state index in [1.165, 1.54) is 13.2 Å². The number of carbonyl (C=O) groups is 2. The molecule has 0 radical (unpaired) electrons. The Kier molecular flexibility index (Phi) is 6.45. The fourth-order valence-corrected chi connectivity index (χ4v) is 3.34. The van der Waals surface area contributed by atoms with Crippen LogP contribution in [0.15, 0.2) is 60.3 Å². The monoisotopic (exact) mass is 402 g/mol. The lowest BCUT2D eigenvalue weighted by atomic mass is 10.0. The number of aromatic nitrogens is 1. The van der Waals surface area contributed by atoms with Crippen molar-refractivity contribution in [2.75, 3.05) is 13.7 Å². The quantitative estimate of drug-likeness (QED) is 0.259. The first-order chi connectivity index (χ1) is 14.5. The van der Waals surface area contributed by atoms with Crippen LogP contribution in [0.3, 0.4) is 0 Å². The van der Waals surface area contributed by atoms with Gasteiger partial charge in [0.1, 0.15) is 17.7 Å². The SMILES string of the molecule is COC[C@@H](C)OC(=O)/C(C#N)=C/c1c(C)c(C(=O)c2ccccc2)n2ccccc12. The zero-order valence-electron chi connectivity index (χ0n) is 17.1. The van der Waals surface area contributed by atoms with Crippen LogP contribution in [-0.4, -0.2) is 36.0 Å². The van der Waals surface area contributed by atoms with E-state index in [0.29, 0.717) is 22.4 Å². The van der Waals surface area contributed by atoms with Gasteiger partial charge >= 0.3 is 5.97 Å². The maximum atomic E-state index is 13.2. The number of esters is 1. The molecule has 0 spiro atoms. The van der Waals surface area contributed by atoms with Gasteiger partial charge in [0.2, 0.25) is 5.78 Å². The molecule has 0 aliphatic heterocycles. The summed E-state index contributed by atoms with van der Waals surface area (Å²) in [5.74, 6) is -0.864. The predicted octanol–water partition coefficient (Wildman–Crippen LogP) is 3.96. The van der Waals surface area contributed by atoms with Crippen LogP contribution in [0.2, 0.25) is 0 Å². The molecule has 0 bridgehead atoms. The molecule has 0 aliphatic rings. The molecule has 3 rings (SSSR count). The molecular weight excluding hydrogens is 380 g/mol. The summed E-state index contributed by atoms with van der Waals surface area (Å²) >= 11 is 0. The molecule has 3 aromatic rings.